The van der Waals surface area contributed by atoms with E-state index in [1.165, 1.54) is 18.0 Å². The lowest BCUT2D eigenvalue weighted by atomic mass is 10.1. The fraction of sp³-hybridized carbons (Fsp3) is 0.400. The first kappa shape index (κ1) is 18.6. The predicted octanol–water partition coefficient (Wildman–Crippen LogP) is 2.53. The molecule has 0 radical (unpaired) electrons. The maximum absolute atomic E-state index is 12.4. The number of aryl methyl sites for hydroxylation is 1. The van der Waals surface area contributed by atoms with Crippen molar-refractivity contribution < 1.29 is 9.53 Å². The number of nitrogens with zero attached hydrogens (tertiary/aromatic N) is 4. The lowest BCUT2D eigenvalue weighted by Gasteiger charge is -2.32. The first-order chi connectivity index (χ1) is 13.3. The Hall–Kier alpha value is -3.14. The van der Waals surface area contributed by atoms with E-state index >= 15 is 0 Å². The number of piperidine rings is 1. The van der Waals surface area contributed by atoms with Crippen LogP contribution in [0.25, 0.3) is 0 Å². The van der Waals surface area contributed by atoms with Crippen LogP contribution < -0.4 is 10.1 Å². The predicted molar refractivity (Wildman–Crippen MR) is 100 cm³/mol. The number of nitriles is 1. The van der Waals surface area contributed by atoms with Gasteiger partial charge in [0.25, 0.3) is 5.88 Å². The minimum atomic E-state index is -0.183. The van der Waals surface area contributed by atoms with E-state index in [0.717, 1.165) is 25.7 Å². The summed E-state index contributed by atoms with van der Waals surface area (Å²) >= 11 is 0. The second-order valence-corrected chi connectivity index (χ2v) is 6.47. The van der Waals surface area contributed by atoms with Crippen LogP contribution in [0.3, 0.4) is 0 Å². The summed E-state index contributed by atoms with van der Waals surface area (Å²) in [6.45, 7) is 1.82. The van der Waals surface area contributed by atoms with Crippen LogP contribution in [-0.2, 0) is 6.42 Å². The molecule has 2 amide bonds. The molecule has 1 N–H and O–H groups in total. The zero-order valence-electron chi connectivity index (χ0n) is 15.2. The van der Waals surface area contributed by atoms with Crippen molar-refractivity contribution in [1.82, 2.24) is 20.2 Å². The Balaban J connectivity index is 1.44. The molecule has 0 spiro atoms. The number of carbonyl (C=O) groups is 1. The molecule has 1 fully saturated rings. The van der Waals surface area contributed by atoms with Gasteiger partial charge in [0.1, 0.15) is 12.2 Å². The van der Waals surface area contributed by atoms with Crippen molar-refractivity contribution in [3.05, 3.63) is 54.0 Å². The van der Waals surface area contributed by atoms with E-state index in [2.05, 4.69) is 27.4 Å². The van der Waals surface area contributed by atoms with Gasteiger partial charge in [0, 0.05) is 25.5 Å². The molecule has 27 heavy (non-hydrogen) atoms. The summed E-state index contributed by atoms with van der Waals surface area (Å²) in [5, 5.41) is 12.1. The van der Waals surface area contributed by atoms with Crippen molar-refractivity contribution >= 4 is 6.03 Å². The maximum atomic E-state index is 12.4. The highest BCUT2D eigenvalue weighted by Crippen LogP contribution is 2.18. The van der Waals surface area contributed by atoms with Crippen molar-refractivity contribution in [2.45, 2.75) is 31.8 Å². The summed E-state index contributed by atoms with van der Waals surface area (Å²) in [4.78, 5) is 22.2. The topological polar surface area (TPSA) is 91.1 Å². The highest BCUT2D eigenvalue weighted by Gasteiger charge is 2.25. The van der Waals surface area contributed by atoms with Crippen LogP contribution in [0.2, 0.25) is 0 Å². The number of rotatable bonds is 6. The molecular formula is C20H23N5O2. The molecule has 0 saturated carbocycles. The maximum Gasteiger partial charge on any atom is 0.317 e. The van der Waals surface area contributed by atoms with Crippen molar-refractivity contribution in [2.24, 2.45) is 0 Å². The van der Waals surface area contributed by atoms with Crippen LogP contribution in [0.4, 0.5) is 4.79 Å². The van der Waals surface area contributed by atoms with Gasteiger partial charge in [-0.2, -0.15) is 5.26 Å². The lowest BCUT2D eigenvalue weighted by molar-refractivity contribution is 0.0972. The number of benzene rings is 1. The standard InChI is InChI=1S/C20H23N5O2/c21-14-18-19(23-12-11-22-18)27-17-9-5-13-25(15-17)20(26)24-10-4-8-16-6-2-1-3-7-16/h1-3,6-7,11-12,17H,4-5,8-10,13,15H2,(H,24,26). The highest BCUT2D eigenvalue weighted by molar-refractivity contribution is 5.74. The molecule has 1 aromatic carbocycles. The minimum absolute atomic E-state index is 0.0731. The summed E-state index contributed by atoms with van der Waals surface area (Å²) < 4.78 is 5.82. The molecule has 7 heteroatoms. The average molecular weight is 365 g/mol. The van der Waals surface area contributed by atoms with Gasteiger partial charge >= 0.3 is 6.03 Å². The third-order valence-electron chi connectivity index (χ3n) is 4.48. The van der Waals surface area contributed by atoms with Gasteiger partial charge in [-0.3, -0.25) is 0 Å². The molecular weight excluding hydrogens is 342 g/mol. The summed E-state index contributed by atoms with van der Waals surface area (Å²) in [5.74, 6) is 0.232. The van der Waals surface area contributed by atoms with Crippen molar-refractivity contribution in [3.8, 4) is 11.9 Å². The minimum Gasteiger partial charge on any atom is -0.470 e. The number of nitrogens with one attached hydrogen (secondary N) is 1. The van der Waals surface area contributed by atoms with E-state index in [9.17, 15) is 4.79 Å². The van der Waals surface area contributed by atoms with Crippen LogP contribution in [0.15, 0.2) is 42.7 Å². The largest absolute Gasteiger partial charge is 0.470 e. The molecule has 1 atom stereocenters. The number of hydrogen-bond acceptors (Lipinski definition) is 5. The Labute approximate surface area is 159 Å². The Kier molecular flexibility index (Phi) is 6.58. The molecule has 7 nitrogen and oxygen atoms in total. The molecule has 0 bridgehead atoms. The van der Waals surface area contributed by atoms with E-state index in [-0.39, 0.29) is 23.7 Å². The van der Waals surface area contributed by atoms with Gasteiger partial charge in [0.15, 0.2) is 0 Å². The van der Waals surface area contributed by atoms with Gasteiger partial charge in [-0.15, -0.1) is 0 Å². The molecule has 1 aliphatic rings. The third-order valence-corrected chi connectivity index (χ3v) is 4.48. The van der Waals surface area contributed by atoms with Gasteiger partial charge in [0.2, 0.25) is 5.69 Å². The van der Waals surface area contributed by atoms with E-state index in [1.54, 1.807) is 4.90 Å². The number of amides is 2. The van der Waals surface area contributed by atoms with Crippen molar-refractivity contribution in [3.63, 3.8) is 0 Å². The van der Waals surface area contributed by atoms with Gasteiger partial charge in [-0.05, 0) is 31.2 Å². The van der Waals surface area contributed by atoms with Crippen LogP contribution in [-0.4, -0.2) is 46.6 Å². The molecule has 3 rings (SSSR count). The Morgan fingerprint density at radius 1 is 1.30 bits per heavy atom. The fourth-order valence-electron chi connectivity index (χ4n) is 3.11. The first-order valence-corrected chi connectivity index (χ1v) is 9.20. The molecule has 2 aromatic rings. The van der Waals surface area contributed by atoms with Gasteiger partial charge < -0.3 is 15.0 Å². The molecule has 1 saturated heterocycles. The lowest BCUT2D eigenvalue weighted by Crippen LogP contribution is -2.48. The molecule has 1 aromatic heterocycles. The van der Waals surface area contributed by atoms with Crippen LogP contribution in [0, 0.1) is 11.3 Å². The molecule has 140 valence electrons. The number of likely N-dealkylation sites (tertiary alicyclic amines) is 1. The molecule has 1 unspecified atom stereocenters. The fourth-order valence-corrected chi connectivity index (χ4v) is 3.11. The number of carbonyl (C=O) groups excluding carboxylic acids is 1. The zero-order valence-corrected chi connectivity index (χ0v) is 15.2. The summed E-state index contributed by atoms with van der Waals surface area (Å²) in [6, 6.07) is 12.1. The number of ether oxygens (including phenoxy) is 1. The average Bonchev–Trinajstić information content (AvgIpc) is 2.72. The SMILES string of the molecule is N#Cc1nccnc1OC1CCCN(C(=O)NCCCc2ccccc2)C1. The summed E-state index contributed by atoms with van der Waals surface area (Å²) in [5.41, 5.74) is 1.44. The Morgan fingerprint density at radius 3 is 2.93 bits per heavy atom. The van der Waals surface area contributed by atoms with Gasteiger partial charge in [-0.1, -0.05) is 30.3 Å². The summed E-state index contributed by atoms with van der Waals surface area (Å²) in [7, 11) is 0. The first-order valence-electron chi connectivity index (χ1n) is 9.20. The number of hydrogen-bond donors (Lipinski definition) is 1. The van der Waals surface area contributed by atoms with Crippen LogP contribution in [0.1, 0.15) is 30.5 Å². The summed E-state index contributed by atoms with van der Waals surface area (Å²) in [6.07, 6.45) is 6.28. The molecule has 1 aliphatic heterocycles. The molecule has 0 aliphatic carbocycles. The van der Waals surface area contributed by atoms with Crippen LogP contribution in [0.5, 0.6) is 5.88 Å². The van der Waals surface area contributed by atoms with E-state index in [1.807, 2.05) is 24.3 Å². The van der Waals surface area contributed by atoms with E-state index < -0.39 is 0 Å². The number of aromatic nitrogens is 2. The monoisotopic (exact) mass is 365 g/mol. The van der Waals surface area contributed by atoms with Gasteiger partial charge in [0.05, 0.1) is 6.54 Å². The Morgan fingerprint density at radius 2 is 2.11 bits per heavy atom. The number of urea groups is 1. The quantitative estimate of drug-likeness (QED) is 0.794. The smallest absolute Gasteiger partial charge is 0.317 e. The van der Waals surface area contributed by atoms with Crippen LogP contribution >= 0.6 is 0 Å². The third kappa shape index (κ3) is 5.42. The van der Waals surface area contributed by atoms with Crippen molar-refractivity contribution in [1.29, 1.82) is 5.26 Å². The zero-order chi connectivity index (χ0) is 18.9. The van der Waals surface area contributed by atoms with E-state index in [0.29, 0.717) is 19.6 Å². The second kappa shape index (κ2) is 9.53. The molecule has 2 heterocycles. The second-order valence-electron chi connectivity index (χ2n) is 6.47. The Bertz CT molecular complexity index is 790. The highest BCUT2D eigenvalue weighted by atomic mass is 16.5. The van der Waals surface area contributed by atoms with Gasteiger partial charge in [-0.25, -0.2) is 14.8 Å². The normalized spacial score (nSPS) is 16.4. The van der Waals surface area contributed by atoms with E-state index in [4.69, 9.17) is 10.00 Å². The van der Waals surface area contributed by atoms with Crippen molar-refractivity contribution in [2.75, 3.05) is 19.6 Å².